The lowest BCUT2D eigenvalue weighted by Gasteiger charge is -2.25. The third-order valence-corrected chi connectivity index (χ3v) is 5.95. The first kappa shape index (κ1) is 24.2. The van der Waals surface area contributed by atoms with Crippen molar-refractivity contribution >= 4 is 23.5 Å². The van der Waals surface area contributed by atoms with Crippen molar-refractivity contribution in [3.8, 4) is 0 Å². The average Bonchev–Trinajstić information content (AvgIpc) is 2.38. The molecule has 0 aliphatic heterocycles. The van der Waals surface area contributed by atoms with Gasteiger partial charge >= 0.3 is 23.5 Å². The highest BCUT2D eigenvalue weighted by atomic mass is 31.3. The fraction of sp³-hybridized carbons (Fsp3) is 1.00. The highest BCUT2D eigenvalue weighted by Crippen LogP contribution is 2.66. The molecule has 0 rings (SSSR count). The van der Waals surface area contributed by atoms with Crippen LogP contribution in [0.5, 0.6) is 0 Å². The summed E-state index contributed by atoms with van der Waals surface area (Å²) in [4.78, 5) is 34.5. The minimum atomic E-state index is -5.73. The van der Waals surface area contributed by atoms with Crippen LogP contribution in [0.25, 0.3) is 0 Å². The molecule has 0 spiro atoms. The summed E-state index contributed by atoms with van der Waals surface area (Å²) in [5.41, 5.74) is 0. The predicted octanol–water partition coefficient (Wildman–Crippen LogP) is -3.23. The van der Waals surface area contributed by atoms with E-state index < -0.39 is 61.1 Å². The van der Waals surface area contributed by atoms with Crippen LogP contribution in [-0.4, -0.2) is 82.7 Å². The second-order valence-electron chi connectivity index (χ2n) is 4.19. The van der Waals surface area contributed by atoms with E-state index in [0.29, 0.717) is 0 Å². The molecule has 0 amide bonds. The van der Waals surface area contributed by atoms with Gasteiger partial charge in [0.05, 0.1) is 13.2 Å². The molecule has 24 heavy (non-hydrogen) atoms. The van der Waals surface area contributed by atoms with Gasteiger partial charge in [0.25, 0.3) is 0 Å². The molecule has 0 aromatic carbocycles. The van der Waals surface area contributed by atoms with Crippen LogP contribution in [0.15, 0.2) is 0 Å². The van der Waals surface area contributed by atoms with E-state index in [4.69, 9.17) is 29.8 Å². The van der Waals surface area contributed by atoms with E-state index in [2.05, 4.69) is 13.1 Å². The summed E-state index contributed by atoms with van der Waals surface area (Å²) >= 11 is 0. The zero-order chi connectivity index (χ0) is 19.3. The van der Waals surface area contributed by atoms with E-state index in [9.17, 15) is 29.0 Å². The van der Waals surface area contributed by atoms with E-state index in [1.165, 1.54) is 0 Å². The minimum absolute atomic E-state index is 0.985. The van der Waals surface area contributed by atoms with Gasteiger partial charge < -0.3 is 45.1 Å². The zero-order valence-electron chi connectivity index (χ0n) is 11.5. The van der Waals surface area contributed by atoms with Gasteiger partial charge in [-0.1, -0.05) is 0 Å². The highest BCUT2D eigenvalue weighted by molar-refractivity contribution is 7.66. The van der Waals surface area contributed by atoms with Crippen molar-refractivity contribution in [2.45, 2.75) is 24.4 Å². The molecule has 0 aromatic rings. The SMILES string of the molecule is O=P(O)(O)OP(=O)(O)OP(=O)(O)OC[C@H](O)[C@@H](O)[C@H](O)[C@H](O)CO. The fourth-order valence-electron chi connectivity index (χ4n) is 1.14. The fourth-order valence-corrected chi connectivity index (χ4v) is 4.17. The summed E-state index contributed by atoms with van der Waals surface area (Å²) in [5, 5.41) is 45.6. The number of aliphatic hydroxyl groups excluding tert-OH is 5. The molecule has 0 bridgehead atoms. The van der Waals surface area contributed by atoms with Gasteiger partial charge in [0, 0.05) is 0 Å². The molecule has 0 fully saturated rings. The number of aliphatic hydroxyl groups is 5. The molecule has 146 valence electrons. The Morgan fingerprint density at radius 3 is 1.62 bits per heavy atom. The van der Waals surface area contributed by atoms with E-state index in [1.807, 2.05) is 0 Å². The topological polar surface area (TPSA) is 261 Å². The molecule has 0 saturated heterocycles. The van der Waals surface area contributed by atoms with Gasteiger partial charge in [-0.15, -0.1) is 0 Å². The molecule has 0 aliphatic carbocycles. The van der Waals surface area contributed by atoms with Crippen molar-refractivity contribution in [3.63, 3.8) is 0 Å². The Balaban J connectivity index is 4.70. The summed E-state index contributed by atoms with van der Waals surface area (Å²) in [6, 6.07) is 0. The number of phosphoric acid groups is 3. The lowest BCUT2D eigenvalue weighted by atomic mass is 10.0. The maximum Gasteiger partial charge on any atom is 0.490 e. The molecule has 6 atom stereocenters. The normalized spacial score (nSPS) is 22.9. The quantitative estimate of drug-likeness (QED) is 0.148. The van der Waals surface area contributed by atoms with Gasteiger partial charge in [-0.2, -0.15) is 8.62 Å². The number of rotatable bonds is 11. The van der Waals surface area contributed by atoms with Gasteiger partial charge in [0.15, 0.2) is 0 Å². The maximum absolute atomic E-state index is 11.3. The highest BCUT2D eigenvalue weighted by Gasteiger charge is 2.41. The van der Waals surface area contributed by atoms with Gasteiger partial charge in [-0.25, -0.2) is 13.7 Å². The number of phosphoric ester groups is 1. The molecule has 2 unspecified atom stereocenters. The second kappa shape index (κ2) is 9.24. The lowest BCUT2D eigenvalue weighted by molar-refractivity contribution is -0.122. The Morgan fingerprint density at radius 2 is 1.21 bits per heavy atom. The summed E-state index contributed by atoms with van der Waals surface area (Å²) < 4.78 is 43.4. The number of hydrogen-bond acceptors (Lipinski definition) is 11. The van der Waals surface area contributed by atoms with Crippen LogP contribution in [-0.2, 0) is 26.8 Å². The Morgan fingerprint density at radius 1 is 0.750 bits per heavy atom. The van der Waals surface area contributed by atoms with Crippen LogP contribution < -0.4 is 0 Å². The summed E-state index contributed by atoms with van der Waals surface area (Å²) in [6.07, 6.45) is -8.24. The van der Waals surface area contributed by atoms with Crippen LogP contribution in [0.2, 0.25) is 0 Å². The second-order valence-corrected chi connectivity index (χ2v) is 8.61. The van der Waals surface area contributed by atoms with Crippen LogP contribution >= 0.6 is 23.5 Å². The van der Waals surface area contributed by atoms with Crippen molar-refractivity contribution in [1.29, 1.82) is 0 Å². The van der Waals surface area contributed by atoms with Gasteiger partial charge in [0.1, 0.15) is 24.4 Å². The van der Waals surface area contributed by atoms with E-state index in [0.717, 1.165) is 0 Å². The Bertz CT molecular complexity index is 529. The molecule has 0 aromatic heterocycles. The maximum atomic E-state index is 11.3. The molecule has 18 heteroatoms. The molecule has 0 aliphatic rings. The molecule has 15 nitrogen and oxygen atoms in total. The van der Waals surface area contributed by atoms with E-state index in [1.54, 1.807) is 0 Å². The third kappa shape index (κ3) is 9.63. The predicted molar refractivity (Wildman–Crippen MR) is 70.9 cm³/mol. The summed E-state index contributed by atoms with van der Waals surface area (Å²) in [6.45, 7) is -2.28. The molecule has 0 saturated carbocycles. The van der Waals surface area contributed by atoms with Crippen LogP contribution in [0.4, 0.5) is 0 Å². The zero-order valence-corrected chi connectivity index (χ0v) is 14.2. The molecular weight excluding hydrogens is 405 g/mol. The van der Waals surface area contributed by atoms with Crippen molar-refractivity contribution in [2.24, 2.45) is 0 Å². The first-order valence-corrected chi connectivity index (χ1v) is 10.2. The number of hydrogen-bond donors (Lipinski definition) is 9. The first-order chi connectivity index (χ1) is 10.6. The van der Waals surface area contributed by atoms with E-state index in [-0.39, 0.29) is 0 Å². The molecule has 9 N–H and O–H groups in total. The van der Waals surface area contributed by atoms with E-state index >= 15 is 0 Å². The van der Waals surface area contributed by atoms with Crippen molar-refractivity contribution in [2.75, 3.05) is 13.2 Å². The van der Waals surface area contributed by atoms with Crippen molar-refractivity contribution < 1.29 is 71.9 Å². The van der Waals surface area contributed by atoms with Crippen LogP contribution in [0.1, 0.15) is 0 Å². The van der Waals surface area contributed by atoms with Crippen molar-refractivity contribution in [1.82, 2.24) is 0 Å². The van der Waals surface area contributed by atoms with Crippen LogP contribution in [0.3, 0.4) is 0 Å². The third-order valence-electron chi connectivity index (χ3n) is 2.15. The van der Waals surface area contributed by atoms with Gasteiger partial charge in [-0.3, -0.25) is 4.52 Å². The standard InChI is InChI=1S/C6H17O15P3/c7-1-3(8)5(10)6(11)4(9)2-19-23(15,16)21-24(17,18)20-22(12,13)14/h3-11H,1-2H2,(H,15,16)(H,17,18)(H2,12,13,14)/t3-,4+,5-,6-/m1/s1. The largest absolute Gasteiger partial charge is 0.490 e. The lowest BCUT2D eigenvalue weighted by Crippen LogP contribution is -2.47. The minimum Gasteiger partial charge on any atom is -0.394 e. The van der Waals surface area contributed by atoms with Gasteiger partial charge in [-0.05, 0) is 0 Å². The Labute approximate surface area is 134 Å². The summed E-state index contributed by atoms with van der Waals surface area (Å²) in [7, 11) is -16.8. The first-order valence-electron chi connectivity index (χ1n) is 5.71. The van der Waals surface area contributed by atoms with Crippen LogP contribution in [0, 0.1) is 0 Å². The summed E-state index contributed by atoms with van der Waals surface area (Å²) in [5.74, 6) is 0. The molecular formula is C6H17O15P3. The van der Waals surface area contributed by atoms with Crippen molar-refractivity contribution in [3.05, 3.63) is 0 Å². The van der Waals surface area contributed by atoms with Gasteiger partial charge in [0.2, 0.25) is 0 Å². The Hall–Kier alpha value is 0.210. The average molecular weight is 422 g/mol. The Kier molecular flexibility index (Phi) is 9.32. The monoisotopic (exact) mass is 422 g/mol. The molecule has 0 radical (unpaired) electrons. The molecule has 0 heterocycles. The smallest absolute Gasteiger partial charge is 0.394 e.